The third-order valence-corrected chi connectivity index (χ3v) is 2.34. The van der Waals surface area contributed by atoms with Crippen molar-refractivity contribution in [3.8, 4) is 0 Å². The van der Waals surface area contributed by atoms with Crippen LogP contribution in [0.5, 0.6) is 0 Å². The molecule has 0 saturated heterocycles. The zero-order valence-corrected chi connectivity index (χ0v) is 11.3. The molecule has 0 aliphatic carbocycles. The predicted molar refractivity (Wildman–Crippen MR) is 67.3 cm³/mol. The van der Waals surface area contributed by atoms with Gasteiger partial charge in [0.25, 0.3) is 0 Å². The largest absolute Gasteiger partial charge is 0.389 e. The molecule has 0 fully saturated rings. The highest BCUT2D eigenvalue weighted by Gasteiger charge is 2.06. The molecule has 0 amide bonds. The van der Waals surface area contributed by atoms with E-state index in [0.29, 0.717) is 39.0 Å². The van der Waals surface area contributed by atoms with Gasteiger partial charge in [-0.25, -0.2) is 0 Å². The van der Waals surface area contributed by atoms with Gasteiger partial charge < -0.3 is 24.6 Å². The van der Waals surface area contributed by atoms with Crippen LogP contribution in [0.1, 0.15) is 20.3 Å². The number of aliphatic hydroxyl groups excluding tert-OH is 1. The smallest absolute Gasteiger partial charge is 0.0897 e. The van der Waals surface area contributed by atoms with Gasteiger partial charge in [-0.3, -0.25) is 0 Å². The molecule has 5 heteroatoms. The third-order valence-electron chi connectivity index (χ3n) is 2.34. The molecular weight excluding hydrogens is 222 g/mol. The van der Waals surface area contributed by atoms with Crippen LogP contribution < -0.4 is 5.32 Å². The second-order valence-electron chi connectivity index (χ2n) is 4.02. The molecule has 2 N–H and O–H groups in total. The van der Waals surface area contributed by atoms with Crippen molar-refractivity contribution in [3.05, 3.63) is 0 Å². The molecular formula is C12H27NO4. The summed E-state index contributed by atoms with van der Waals surface area (Å²) in [6.45, 7) is 7.45. The molecule has 0 aromatic heterocycles. The van der Waals surface area contributed by atoms with Crippen LogP contribution >= 0.6 is 0 Å². The molecule has 0 aromatic rings. The molecule has 0 aliphatic heterocycles. The van der Waals surface area contributed by atoms with E-state index in [1.807, 2.05) is 6.92 Å². The lowest BCUT2D eigenvalue weighted by Gasteiger charge is -2.17. The van der Waals surface area contributed by atoms with Gasteiger partial charge in [-0.2, -0.15) is 0 Å². The quantitative estimate of drug-likeness (QED) is 0.491. The van der Waals surface area contributed by atoms with E-state index in [1.165, 1.54) is 0 Å². The van der Waals surface area contributed by atoms with Gasteiger partial charge >= 0.3 is 0 Å². The summed E-state index contributed by atoms with van der Waals surface area (Å²) in [7, 11) is 1.69. The van der Waals surface area contributed by atoms with E-state index in [2.05, 4.69) is 12.2 Å². The minimum Gasteiger partial charge on any atom is -0.389 e. The summed E-state index contributed by atoms with van der Waals surface area (Å²) in [5.74, 6) is 0. The zero-order chi connectivity index (χ0) is 12.9. The van der Waals surface area contributed by atoms with Gasteiger partial charge in [0.05, 0.1) is 25.9 Å². The molecule has 2 unspecified atom stereocenters. The summed E-state index contributed by atoms with van der Waals surface area (Å²) in [5.41, 5.74) is 0. The Labute approximate surface area is 104 Å². The van der Waals surface area contributed by atoms with Crippen molar-refractivity contribution < 1.29 is 19.3 Å². The lowest BCUT2D eigenvalue weighted by molar-refractivity contribution is 0.00562. The average Bonchev–Trinajstić information content (AvgIpc) is 2.33. The fourth-order valence-electron chi connectivity index (χ4n) is 1.27. The SMILES string of the molecule is CCOCCOCC(O)CNC(C)CCOC. The molecule has 0 aromatic carbocycles. The topological polar surface area (TPSA) is 60.0 Å². The summed E-state index contributed by atoms with van der Waals surface area (Å²) in [6.07, 6.45) is 0.468. The number of methoxy groups -OCH3 is 1. The molecule has 5 nitrogen and oxygen atoms in total. The van der Waals surface area contributed by atoms with Gasteiger partial charge in [-0.1, -0.05) is 0 Å². The van der Waals surface area contributed by atoms with Gasteiger partial charge in [-0.15, -0.1) is 0 Å². The van der Waals surface area contributed by atoms with Gasteiger partial charge in [0.2, 0.25) is 0 Å². The Kier molecular flexibility index (Phi) is 12.1. The second kappa shape index (κ2) is 12.3. The highest BCUT2D eigenvalue weighted by Crippen LogP contribution is 1.92. The predicted octanol–water partition coefficient (Wildman–Crippen LogP) is 0.415. The zero-order valence-electron chi connectivity index (χ0n) is 11.3. The first-order valence-corrected chi connectivity index (χ1v) is 6.26. The van der Waals surface area contributed by atoms with Crippen molar-refractivity contribution >= 4 is 0 Å². The Hall–Kier alpha value is -0.200. The second-order valence-corrected chi connectivity index (χ2v) is 4.02. The van der Waals surface area contributed by atoms with Crippen LogP contribution in [0.3, 0.4) is 0 Å². The summed E-state index contributed by atoms with van der Waals surface area (Å²) < 4.78 is 15.4. The van der Waals surface area contributed by atoms with Gasteiger partial charge in [0.1, 0.15) is 0 Å². The van der Waals surface area contributed by atoms with Crippen LogP contribution in [-0.2, 0) is 14.2 Å². The van der Waals surface area contributed by atoms with Crippen LogP contribution in [0, 0.1) is 0 Å². The van der Waals surface area contributed by atoms with Crippen molar-refractivity contribution in [2.45, 2.75) is 32.4 Å². The molecule has 0 heterocycles. The summed E-state index contributed by atoms with van der Waals surface area (Å²) >= 11 is 0. The van der Waals surface area contributed by atoms with Crippen LogP contribution in [0.4, 0.5) is 0 Å². The normalized spacial score (nSPS) is 14.8. The minimum absolute atomic E-state index is 0.341. The average molecular weight is 249 g/mol. The standard InChI is InChI=1S/C12H27NO4/c1-4-16-7-8-17-10-12(14)9-13-11(2)5-6-15-3/h11-14H,4-10H2,1-3H3. The highest BCUT2D eigenvalue weighted by molar-refractivity contribution is 4.64. The molecule has 0 aliphatic rings. The Balaban J connectivity index is 3.30. The van der Waals surface area contributed by atoms with E-state index in [-0.39, 0.29) is 0 Å². The van der Waals surface area contributed by atoms with Crippen LogP contribution in [0.25, 0.3) is 0 Å². The van der Waals surface area contributed by atoms with Crippen LogP contribution in [0.2, 0.25) is 0 Å². The molecule has 17 heavy (non-hydrogen) atoms. The molecule has 2 atom stereocenters. The van der Waals surface area contributed by atoms with Crippen LogP contribution in [0.15, 0.2) is 0 Å². The molecule has 0 spiro atoms. The molecule has 104 valence electrons. The molecule has 0 radical (unpaired) electrons. The van der Waals surface area contributed by atoms with Gasteiger partial charge in [0.15, 0.2) is 0 Å². The van der Waals surface area contributed by atoms with Crippen LogP contribution in [-0.4, -0.2) is 63.9 Å². The van der Waals surface area contributed by atoms with Crippen molar-refractivity contribution in [2.75, 3.05) is 46.7 Å². The Morgan fingerprint density at radius 3 is 2.53 bits per heavy atom. The first kappa shape index (κ1) is 16.8. The van der Waals surface area contributed by atoms with Gasteiger partial charge in [-0.05, 0) is 20.3 Å². The number of nitrogens with one attached hydrogen (secondary N) is 1. The monoisotopic (exact) mass is 249 g/mol. The fraction of sp³-hybridized carbons (Fsp3) is 1.00. The van der Waals surface area contributed by atoms with Crippen molar-refractivity contribution in [3.63, 3.8) is 0 Å². The van der Waals surface area contributed by atoms with E-state index in [1.54, 1.807) is 7.11 Å². The van der Waals surface area contributed by atoms with E-state index in [9.17, 15) is 5.11 Å². The highest BCUT2D eigenvalue weighted by atomic mass is 16.5. The van der Waals surface area contributed by atoms with E-state index < -0.39 is 6.10 Å². The Morgan fingerprint density at radius 2 is 1.88 bits per heavy atom. The first-order chi connectivity index (χ1) is 8.20. The van der Waals surface area contributed by atoms with Crippen molar-refractivity contribution in [1.82, 2.24) is 5.32 Å². The minimum atomic E-state index is -0.471. The third kappa shape index (κ3) is 12.1. The Bertz CT molecular complexity index is 157. The number of hydrogen-bond acceptors (Lipinski definition) is 5. The van der Waals surface area contributed by atoms with Gasteiger partial charge in [0, 0.05) is 32.9 Å². The summed E-state index contributed by atoms with van der Waals surface area (Å²) in [6, 6.07) is 0.341. The number of hydrogen-bond donors (Lipinski definition) is 2. The Morgan fingerprint density at radius 1 is 1.18 bits per heavy atom. The van der Waals surface area contributed by atoms with E-state index in [4.69, 9.17) is 14.2 Å². The fourth-order valence-corrected chi connectivity index (χ4v) is 1.27. The number of ether oxygens (including phenoxy) is 3. The maximum Gasteiger partial charge on any atom is 0.0897 e. The van der Waals surface area contributed by atoms with Crippen molar-refractivity contribution in [2.24, 2.45) is 0 Å². The van der Waals surface area contributed by atoms with E-state index in [0.717, 1.165) is 13.0 Å². The number of aliphatic hydroxyl groups is 1. The molecule has 0 bridgehead atoms. The van der Waals surface area contributed by atoms with Crippen molar-refractivity contribution in [1.29, 1.82) is 0 Å². The molecule has 0 rings (SSSR count). The van der Waals surface area contributed by atoms with E-state index >= 15 is 0 Å². The summed E-state index contributed by atoms with van der Waals surface area (Å²) in [4.78, 5) is 0. The molecule has 0 saturated carbocycles. The summed E-state index contributed by atoms with van der Waals surface area (Å²) in [5, 5.41) is 12.8. The lowest BCUT2D eigenvalue weighted by Crippen LogP contribution is -2.36. The maximum atomic E-state index is 9.62. The number of rotatable bonds is 12. The lowest BCUT2D eigenvalue weighted by atomic mass is 10.2. The maximum absolute atomic E-state index is 9.62. The first-order valence-electron chi connectivity index (χ1n) is 6.26.